The second-order valence-electron chi connectivity index (χ2n) is 12.0. The summed E-state index contributed by atoms with van der Waals surface area (Å²) in [7, 11) is -4.58. The number of fused-ring (bicyclic) bond motifs is 1. The number of aliphatic hydroxyl groups excluding tert-OH is 1. The lowest BCUT2D eigenvalue weighted by Crippen LogP contribution is -2.48. The van der Waals surface area contributed by atoms with Crippen molar-refractivity contribution in [2.75, 3.05) is 6.54 Å². The number of ether oxygens (including phenoxy) is 1. The highest BCUT2D eigenvalue weighted by molar-refractivity contribution is 7.86. The molecule has 4 aromatic rings. The fraction of sp³-hybridized carbons (Fsp3) is 0.306. The summed E-state index contributed by atoms with van der Waals surface area (Å²) in [5.41, 5.74) is 10.2. The Morgan fingerprint density at radius 2 is 1.47 bits per heavy atom. The molecule has 0 saturated carbocycles. The summed E-state index contributed by atoms with van der Waals surface area (Å²) >= 11 is 0. The summed E-state index contributed by atoms with van der Waals surface area (Å²) in [6.45, 7) is 4.59. The molecule has 236 valence electrons. The minimum atomic E-state index is -4.58. The van der Waals surface area contributed by atoms with Crippen molar-refractivity contribution in [1.29, 1.82) is 0 Å². The molecule has 0 saturated heterocycles. The van der Waals surface area contributed by atoms with Crippen LogP contribution in [-0.4, -0.2) is 41.0 Å². The van der Waals surface area contributed by atoms with Crippen LogP contribution in [0, 0.1) is 0 Å². The third-order valence-electron chi connectivity index (χ3n) is 8.76. The molecule has 8 nitrogen and oxygen atoms in total. The van der Waals surface area contributed by atoms with E-state index in [1.54, 1.807) is 6.92 Å². The standard InChI is InChI=1S/C36H40N2O6S/c1-3-34(45(41,42)43)30-19-33(44-24-26-14-8-5-9-15-26)31(35(37)40)18-29(30)32(39)23-38(22-25-12-6-4-7-13-25)36(2)20-27-16-10-11-17-28(27)21-36/h4-19,32,34,39H,3,20-24H2,1-2H3,(H2,37,40)(H,41,42,43)/t32-,34?/m0/s1. The smallest absolute Gasteiger partial charge is 0.271 e. The molecule has 45 heavy (non-hydrogen) atoms. The lowest BCUT2D eigenvalue weighted by atomic mass is 9.91. The van der Waals surface area contributed by atoms with Gasteiger partial charge in [-0.15, -0.1) is 0 Å². The minimum absolute atomic E-state index is 0.0167. The quantitative estimate of drug-likeness (QED) is 0.160. The maximum atomic E-state index is 12.7. The lowest BCUT2D eigenvalue weighted by molar-refractivity contribution is 0.0387. The van der Waals surface area contributed by atoms with Crippen molar-refractivity contribution in [3.63, 3.8) is 0 Å². The second-order valence-corrected chi connectivity index (χ2v) is 13.6. The molecule has 0 aromatic heterocycles. The molecule has 5 rings (SSSR count). The molecule has 1 aliphatic carbocycles. The van der Waals surface area contributed by atoms with E-state index in [0.29, 0.717) is 6.54 Å². The molecule has 0 heterocycles. The van der Waals surface area contributed by atoms with Crippen LogP contribution in [0.1, 0.15) is 75.4 Å². The van der Waals surface area contributed by atoms with Gasteiger partial charge in [0, 0.05) is 18.6 Å². The highest BCUT2D eigenvalue weighted by Gasteiger charge is 2.40. The number of primary amides is 1. The van der Waals surface area contributed by atoms with Crippen molar-refractivity contribution >= 4 is 16.0 Å². The van der Waals surface area contributed by atoms with Gasteiger partial charge in [0.25, 0.3) is 16.0 Å². The molecule has 0 spiro atoms. The van der Waals surface area contributed by atoms with Crippen LogP contribution in [0.25, 0.3) is 0 Å². The van der Waals surface area contributed by atoms with Crippen molar-refractivity contribution < 1.29 is 27.6 Å². The Labute approximate surface area is 265 Å². The molecule has 9 heteroatoms. The number of carbonyl (C=O) groups is 1. The summed E-state index contributed by atoms with van der Waals surface area (Å²) in [6, 6.07) is 30.4. The number of amides is 1. The SMILES string of the molecule is CCC(c1cc(OCc2ccccc2)c(C(N)=O)cc1[C@@H](O)CN(Cc1ccccc1)C1(C)Cc2ccccc2C1)S(=O)(=O)O. The first kappa shape index (κ1) is 32.4. The van der Waals surface area contributed by atoms with Gasteiger partial charge in [-0.3, -0.25) is 14.2 Å². The highest BCUT2D eigenvalue weighted by Crippen LogP contribution is 2.40. The van der Waals surface area contributed by atoms with Crippen LogP contribution in [0.5, 0.6) is 5.75 Å². The average molecular weight is 629 g/mol. The zero-order chi connectivity index (χ0) is 32.2. The molecular formula is C36H40N2O6S. The average Bonchev–Trinajstić information content (AvgIpc) is 3.37. The summed E-state index contributed by atoms with van der Waals surface area (Å²) in [5, 5.41) is 10.6. The Morgan fingerprint density at radius 1 is 0.911 bits per heavy atom. The summed E-state index contributed by atoms with van der Waals surface area (Å²) in [6.07, 6.45) is 0.364. The predicted octanol–water partition coefficient (Wildman–Crippen LogP) is 5.80. The number of β-amino-alcohol motifs (C(OH)–C–C–N with tert-alkyl or cyclic N) is 1. The van der Waals surface area contributed by atoms with Gasteiger partial charge in [-0.25, -0.2) is 0 Å². The fourth-order valence-corrected chi connectivity index (χ4v) is 7.36. The first-order valence-corrected chi connectivity index (χ1v) is 16.6. The van der Waals surface area contributed by atoms with Gasteiger partial charge in [0.2, 0.25) is 0 Å². The van der Waals surface area contributed by atoms with Crippen LogP contribution in [0.15, 0.2) is 97.1 Å². The molecule has 4 aromatic carbocycles. The number of nitrogens with zero attached hydrogens (tertiary/aromatic N) is 1. The molecule has 0 fully saturated rings. The Kier molecular flexibility index (Phi) is 9.74. The number of rotatable bonds is 13. The van der Waals surface area contributed by atoms with Gasteiger partial charge in [-0.1, -0.05) is 91.9 Å². The van der Waals surface area contributed by atoms with E-state index >= 15 is 0 Å². The molecular weight excluding hydrogens is 588 g/mol. The molecule has 0 radical (unpaired) electrons. The van der Waals surface area contributed by atoms with Crippen LogP contribution < -0.4 is 10.5 Å². The van der Waals surface area contributed by atoms with E-state index < -0.39 is 27.4 Å². The molecule has 1 unspecified atom stereocenters. The van der Waals surface area contributed by atoms with Crippen LogP contribution >= 0.6 is 0 Å². The van der Waals surface area contributed by atoms with E-state index in [-0.39, 0.29) is 47.6 Å². The van der Waals surface area contributed by atoms with Gasteiger partial charge in [0.1, 0.15) is 17.6 Å². The maximum absolute atomic E-state index is 12.7. The normalized spacial score (nSPS) is 15.4. The molecule has 1 amide bonds. The number of carbonyl (C=O) groups excluding carboxylic acids is 1. The van der Waals surface area contributed by atoms with Crippen molar-refractivity contribution in [3.8, 4) is 5.75 Å². The van der Waals surface area contributed by atoms with Crippen molar-refractivity contribution in [2.45, 2.75) is 63.2 Å². The maximum Gasteiger partial charge on any atom is 0.271 e. The van der Waals surface area contributed by atoms with Gasteiger partial charge < -0.3 is 15.6 Å². The Hall–Kier alpha value is -4.02. The molecule has 4 N–H and O–H groups in total. The van der Waals surface area contributed by atoms with Crippen molar-refractivity contribution in [2.24, 2.45) is 5.73 Å². The Morgan fingerprint density at radius 3 is 2.00 bits per heavy atom. The number of hydrogen-bond acceptors (Lipinski definition) is 6. The van der Waals surface area contributed by atoms with E-state index in [1.165, 1.54) is 23.3 Å². The van der Waals surface area contributed by atoms with Gasteiger partial charge in [-0.2, -0.15) is 8.42 Å². The van der Waals surface area contributed by atoms with Crippen LogP contribution in [0.3, 0.4) is 0 Å². The number of nitrogens with two attached hydrogens (primary N) is 1. The largest absolute Gasteiger partial charge is 0.488 e. The zero-order valence-corrected chi connectivity index (χ0v) is 26.4. The summed E-state index contributed by atoms with van der Waals surface area (Å²) in [5.74, 6) is -0.698. The second kappa shape index (κ2) is 13.5. The minimum Gasteiger partial charge on any atom is -0.488 e. The predicted molar refractivity (Wildman–Crippen MR) is 174 cm³/mol. The fourth-order valence-electron chi connectivity index (χ4n) is 6.41. The van der Waals surface area contributed by atoms with E-state index in [2.05, 4.69) is 24.0 Å². The highest BCUT2D eigenvalue weighted by atomic mass is 32.2. The van der Waals surface area contributed by atoms with Gasteiger partial charge in [0.05, 0.1) is 11.7 Å². The summed E-state index contributed by atoms with van der Waals surface area (Å²) in [4.78, 5) is 14.9. The van der Waals surface area contributed by atoms with Gasteiger partial charge in [-0.05, 0) is 71.7 Å². The van der Waals surface area contributed by atoms with E-state index in [9.17, 15) is 22.9 Å². The molecule has 0 bridgehead atoms. The Balaban J connectivity index is 1.55. The third kappa shape index (κ3) is 7.45. The van der Waals surface area contributed by atoms with E-state index in [0.717, 1.165) is 24.0 Å². The van der Waals surface area contributed by atoms with Crippen LogP contribution in [-0.2, 0) is 36.1 Å². The van der Waals surface area contributed by atoms with Crippen LogP contribution in [0.4, 0.5) is 0 Å². The molecule has 0 aliphatic heterocycles. The number of benzene rings is 4. The first-order chi connectivity index (χ1) is 21.5. The van der Waals surface area contributed by atoms with E-state index in [1.807, 2.05) is 72.8 Å². The lowest BCUT2D eigenvalue weighted by Gasteiger charge is -2.40. The monoisotopic (exact) mass is 628 g/mol. The molecule has 2 atom stereocenters. The van der Waals surface area contributed by atoms with Crippen LogP contribution in [0.2, 0.25) is 0 Å². The molecule has 1 aliphatic rings. The first-order valence-electron chi connectivity index (χ1n) is 15.1. The van der Waals surface area contributed by atoms with Crippen molar-refractivity contribution in [3.05, 3.63) is 136 Å². The van der Waals surface area contributed by atoms with Gasteiger partial charge in [0.15, 0.2) is 0 Å². The zero-order valence-electron chi connectivity index (χ0n) is 25.6. The summed E-state index contributed by atoms with van der Waals surface area (Å²) < 4.78 is 41.5. The third-order valence-corrected chi connectivity index (χ3v) is 10.1. The number of aliphatic hydroxyl groups is 1. The van der Waals surface area contributed by atoms with E-state index in [4.69, 9.17) is 10.5 Å². The van der Waals surface area contributed by atoms with Gasteiger partial charge >= 0.3 is 0 Å². The number of hydrogen-bond donors (Lipinski definition) is 3. The topological polar surface area (TPSA) is 130 Å². The van der Waals surface area contributed by atoms with Crippen molar-refractivity contribution in [1.82, 2.24) is 4.90 Å². The Bertz CT molecular complexity index is 1720.